The zero-order valence-corrected chi connectivity index (χ0v) is 54.5. The van der Waals surface area contributed by atoms with Gasteiger partial charge in [0.25, 0.3) is 0 Å². The van der Waals surface area contributed by atoms with Gasteiger partial charge in [-0.05, 0) is 38.5 Å². The summed E-state index contributed by atoms with van der Waals surface area (Å²) in [5, 5.41) is 0. The van der Waals surface area contributed by atoms with Crippen LogP contribution >= 0.6 is 7.82 Å². The van der Waals surface area contributed by atoms with Crippen LogP contribution in [0, 0.1) is 0 Å². The third-order valence-corrected chi connectivity index (χ3v) is 17.4. The molecule has 0 spiro atoms. The largest absolute Gasteiger partial charge is 0.472 e. The molecule has 0 aliphatic rings. The van der Waals surface area contributed by atoms with Crippen molar-refractivity contribution in [3.63, 3.8) is 0 Å². The molecular weight excluding hydrogens is 1010 g/mol. The molecule has 10 heteroatoms. The highest BCUT2D eigenvalue weighted by Crippen LogP contribution is 2.43. The van der Waals surface area contributed by atoms with E-state index in [0.29, 0.717) is 6.42 Å². The minimum absolute atomic E-state index is 0.0566. The second kappa shape index (κ2) is 66.9. The molecule has 3 N–H and O–H groups in total. The van der Waals surface area contributed by atoms with Crippen LogP contribution in [0.3, 0.4) is 0 Å². The van der Waals surface area contributed by atoms with E-state index in [1.807, 2.05) is 0 Å². The van der Waals surface area contributed by atoms with Gasteiger partial charge in [-0.15, -0.1) is 0 Å². The first-order valence-electron chi connectivity index (χ1n) is 35.7. The predicted octanol–water partition coefficient (Wildman–Crippen LogP) is 23.1. The molecule has 0 radical (unpaired) electrons. The fourth-order valence-electron chi connectivity index (χ4n) is 11.1. The van der Waals surface area contributed by atoms with Crippen molar-refractivity contribution in [2.45, 2.75) is 399 Å². The highest BCUT2D eigenvalue weighted by atomic mass is 31.2. The molecule has 0 bridgehead atoms. The number of phosphoric acid groups is 1. The quantitative estimate of drug-likeness (QED) is 0.0264. The first kappa shape index (κ1) is 78.8. The number of hydrogen-bond donors (Lipinski definition) is 2. The number of unbranched alkanes of at least 4 members (excludes halogenated alkanes) is 54. The molecular formula is C70H138NO8P. The van der Waals surface area contributed by atoms with Crippen LogP contribution in [0.4, 0.5) is 0 Å². The Morgan fingerprint density at radius 3 is 0.887 bits per heavy atom. The fraction of sp³-hybridized carbons (Fsp3) is 0.943. The number of ether oxygens (including phenoxy) is 2. The lowest BCUT2D eigenvalue weighted by Crippen LogP contribution is -2.29. The number of carbonyl (C=O) groups is 2. The van der Waals surface area contributed by atoms with Crippen LogP contribution < -0.4 is 5.73 Å². The number of phosphoric ester groups is 1. The summed E-state index contributed by atoms with van der Waals surface area (Å²) in [5.74, 6) is -0.807. The predicted molar refractivity (Wildman–Crippen MR) is 345 cm³/mol. The van der Waals surface area contributed by atoms with E-state index in [2.05, 4.69) is 26.0 Å². The van der Waals surface area contributed by atoms with Gasteiger partial charge in [0.05, 0.1) is 13.2 Å². The fourth-order valence-corrected chi connectivity index (χ4v) is 11.9. The Morgan fingerprint density at radius 1 is 0.362 bits per heavy atom. The first-order valence-corrected chi connectivity index (χ1v) is 37.2. The molecule has 0 aromatic rings. The summed E-state index contributed by atoms with van der Waals surface area (Å²) in [6, 6.07) is 0. The van der Waals surface area contributed by atoms with Crippen LogP contribution in [0.25, 0.3) is 0 Å². The summed E-state index contributed by atoms with van der Waals surface area (Å²) in [4.78, 5) is 35.3. The van der Waals surface area contributed by atoms with Gasteiger partial charge >= 0.3 is 19.8 Å². The molecule has 9 nitrogen and oxygen atoms in total. The third-order valence-electron chi connectivity index (χ3n) is 16.4. The molecule has 0 amide bonds. The van der Waals surface area contributed by atoms with E-state index in [4.69, 9.17) is 24.3 Å². The van der Waals surface area contributed by atoms with Gasteiger partial charge < -0.3 is 20.1 Å². The van der Waals surface area contributed by atoms with Gasteiger partial charge in [0.2, 0.25) is 0 Å². The van der Waals surface area contributed by atoms with Crippen molar-refractivity contribution in [1.82, 2.24) is 0 Å². The number of esters is 2. The number of carbonyl (C=O) groups excluding carboxylic acids is 2. The molecule has 0 saturated carbocycles. The van der Waals surface area contributed by atoms with E-state index in [9.17, 15) is 19.0 Å². The molecule has 0 aliphatic heterocycles. The highest BCUT2D eigenvalue weighted by molar-refractivity contribution is 7.47. The van der Waals surface area contributed by atoms with E-state index in [1.165, 1.54) is 321 Å². The van der Waals surface area contributed by atoms with Crippen molar-refractivity contribution in [2.75, 3.05) is 26.4 Å². The number of nitrogens with two attached hydrogens (primary N) is 1. The van der Waals surface area contributed by atoms with Gasteiger partial charge in [-0.2, -0.15) is 0 Å². The smallest absolute Gasteiger partial charge is 0.462 e. The second-order valence-corrected chi connectivity index (χ2v) is 25.9. The van der Waals surface area contributed by atoms with Gasteiger partial charge in [-0.1, -0.05) is 353 Å². The maximum atomic E-state index is 12.7. The van der Waals surface area contributed by atoms with Crippen LogP contribution in [0.1, 0.15) is 393 Å². The maximum absolute atomic E-state index is 12.7. The van der Waals surface area contributed by atoms with Crippen LogP contribution in [-0.2, 0) is 32.7 Å². The van der Waals surface area contributed by atoms with Gasteiger partial charge in [0.15, 0.2) is 6.10 Å². The van der Waals surface area contributed by atoms with Crippen molar-refractivity contribution in [3.05, 3.63) is 12.2 Å². The average molecular weight is 1150 g/mol. The van der Waals surface area contributed by atoms with E-state index in [-0.39, 0.29) is 38.6 Å². The van der Waals surface area contributed by atoms with Crippen molar-refractivity contribution in [2.24, 2.45) is 5.73 Å². The summed E-state index contributed by atoms with van der Waals surface area (Å²) < 4.78 is 33.1. The summed E-state index contributed by atoms with van der Waals surface area (Å²) >= 11 is 0. The van der Waals surface area contributed by atoms with E-state index >= 15 is 0 Å². The lowest BCUT2D eigenvalue weighted by atomic mass is 10.0. The monoisotopic (exact) mass is 1150 g/mol. The first-order chi connectivity index (χ1) is 39.3. The van der Waals surface area contributed by atoms with Gasteiger partial charge in [-0.3, -0.25) is 18.6 Å². The molecule has 0 heterocycles. The molecule has 0 fully saturated rings. The number of allylic oxidation sites excluding steroid dienone is 2. The molecule has 0 aromatic carbocycles. The van der Waals surface area contributed by atoms with Crippen molar-refractivity contribution >= 4 is 19.8 Å². The summed E-state index contributed by atoms with van der Waals surface area (Å²) in [6.45, 7) is 3.82. The van der Waals surface area contributed by atoms with Gasteiger partial charge in [0, 0.05) is 19.4 Å². The Morgan fingerprint density at radius 2 is 0.613 bits per heavy atom. The third kappa shape index (κ3) is 65.9. The molecule has 476 valence electrons. The molecule has 80 heavy (non-hydrogen) atoms. The molecule has 0 aromatic heterocycles. The van der Waals surface area contributed by atoms with E-state index in [0.717, 1.165) is 38.5 Å². The topological polar surface area (TPSA) is 134 Å². The van der Waals surface area contributed by atoms with E-state index < -0.39 is 26.5 Å². The zero-order chi connectivity index (χ0) is 58.0. The van der Waals surface area contributed by atoms with Gasteiger partial charge in [0.1, 0.15) is 6.61 Å². The van der Waals surface area contributed by atoms with Crippen LogP contribution in [-0.4, -0.2) is 49.3 Å². The van der Waals surface area contributed by atoms with Crippen LogP contribution in [0.2, 0.25) is 0 Å². The molecule has 0 rings (SSSR count). The Kier molecular flexibility index (Phi) is 65.8. The minimum atomic E-state index is -4.39. The number of hydrogen-bond acceptors (Lipinski definition) is 8. The zero-order valence-electron chi connectivity index (χ0n) is 53.6. The maximum Gasteiger partial charge on any atom is 0.472 e. The summed E-state index contributed by atoms with van der Waals surface area (Å²) in [5.41, 5.74) is 5.39. The van der Waals surface area contributed by atoms with Crippen molar-refractivity contribution in [1.29, 1.82) is 0 Å². The lowest BCUT2D eigenvalue weighted by molar-refractivity contribution is -0.161. The standard InChI is InChI=1S/C70H138NO8P/c1-3-5-7-9-11-13-15-17-19-21-23-24-25-26-27-28-29-30-31-32-33-34-35-36-37-38-39-40-41-42-43-45-46-48-50-52-54-56-58-60-62-69(72)76-66-68(67-78-80(74,75)77-65-64-71)79-70(73)63-61-59-57-55-53-51-49-47-44-22-20-18-16-14-12-10-8-6-4-2/h18,20,68H,3-17,19,21-67,71H2,1-2H3,(H,74,75)/b20-18-. The van der Waals surface area contributed by atoms with Crippen LogP contribution in [0.15, 0.2) is 12.2 Å². The van der Waals surface area contributed by atoms with E-state index in [1.54, 1.807) is 0 Å². The SMILES string of the molecule is CCCCCCCC/C=C\CCCCCCCCCCCC(=O)OC(COC(=O)CCCCCCCCCCCCCCCCCCCCCCCCCCCCCCCCCCCCCCCCCC)COP(=O)(O)OCCN. The second-order valence-electron chi connectivity index (χ2n) is 24.5. The van der Waals surface area contributed by atoms with Crippen LogP contribution in [0.5, 0.6) is 0 Å². The Hall–Kier alpha value is -1.25. The average Bonchev–Trinajstić information content (AvgIpc) is 3.45. The Bertz CT molecular complexity index is 1320. The molecule has 2 atom stereocenters. The summed E-state index contributed by atoms with van der Waals surface area (Å²) in [7, 11) is -4.39. The Labute approximate surface area is 498 Å². The minimum Gasteiger partial charge on any atom is -0.462 e. The number of rotatable bonds is 69. The van der Waals surface area contributed by atoms with Crippen molar-refractivity contribution < 1.29 is 37.6 Å². The van der Waals surface area contributed by atoms with Crippen molar-refractivity contribution in [3.8, 4) is 0 Å². The Balaban J connectivity index is 3.70. The normalized spacial score (nSPS) is 12.9. The molecule has 0 saturated heterocycles. The summed E-state index contributed by atoms with van der Waals surface area (Å²) in [6.07, 6.45) is 80.5. The van der Waals surface area contributed by atoms with Gasteiger partial charge in [-0.25, -0.2) is 4.57 Å². The molecule has 0 aliphatic carbocycles. The lowest BCUT2D eigenvalue weighted by Gasteiger charge is -2.19. The molecule has 2 unspecified atom stereocenters. The highest BCUT2D eigenvalue weighted by Gasteiger charge is 2.26.